The summed E-state index contributed by atoms with van der Waals surface area (Å²) in [6.07, 6.45) is -0.502. The zero-order valence-electron chi connectivity index (χ0n) is 65.7. The molecule has 14 N–H and O–H groups in total. The van der Waals surface area contributed by atoms with E-state index < -0.39 is 59.5 Å². The Morgan fingerprint density at radius 3 is 1.20 bits per heavy atom. The Bertz CT molecular complexity index is 4480. The van der Waals surface area contributed by atoms with Crippen molar-refractivity contribution in [2.24, 2.45) is 29.4 Å². The number of halogens is 7. The predicted octanol–water partition coefficient (Wildman–Crippen LogP) is 6.89. The summed E-state index contributed by atoms with van der Waals surface area (Å²) in [4.78, 5) is 89.0. The fourth-order valence-electron chi connectivity index (χ4n) is 10.1. The van der Waals surface area contributed by atoms with E-state index >= 15 is 0 Å². The summed E-state index contributed by atoms with van der Waals surface area (Å²) in [5.74, 6) is -3.27. The fourth-order valence-corrected chi connectivity index (χ4v) is 11.0. The van der Waals surface area contributed by atoms with Crippen molar-refractivity contribution in [2.45, 2.75) is 98.8 Å². The molecule has 33 nitrogen and oxygen atoms in total. The summed E-state index contributed by atoms with van der Waals surface area (Å²) in [7, 11) is -3.33. The molecule has 4 aliphatic heterocycles. The first kappa shape index (κ1) is 102. The first-order valence-electron chi connectivity index (χ1n) is 34.5. The van der Waals surface area contributed by atoms with Gasteiger partial charge in [0.2, 0.25) is 0 Å². The molecule has 115 heavy (non-hydrogen) atoms. The van der Waals surface area contributed by atoms with Gasteiger partial charge >= 0.3 is 99.3 Å². The topological polar surface area (TPSA) is 467 Å². The molecule has 11 rings (SSSR count). The number of ether oxygens (including phenoxy) is 3. The minimum Gasteiger partial charge on any atom is -1.00 e. The standard InChI is InChI=1S/C20H24BrFN4O4.C16H23FN2O3.C15H16BrFN4O2.C9H18N2O2.C7H5FO2.C4H3BrN2O2.B.Mg.Na.H2O4S.H/c1-20(2,3)30-19(29)26-9-12(10-26)8-25(18(28)16-7-17(21)24-23-16)11-13-4-5-14(27)6-15(13)22;1-16(2,3)22-15(21)19-9-11(10-19)7-18-8-12-4-5-13(20)6-14(12)17;16-14-4-13(19-20-14)15(23)21(7-9-5-18-6-9)8-10-1-2-11(22)3-12(10)17;1-9(2,3)13-8(12)11-5-7(4-10)6-11;8-7-3-6(10)2-1-5(7)4-9;5-3-1-2(4(8)9)6-7-3;;;;1-4-5(2)3;/h4-7,12,27H,8-11H2,1-3H3,(H,23,24);4-6,11,18,20H,7-10H2,1-3H3;1-4,9,18,22H,5-8H2,(H,19,20);7H,4-6,10H2,1-3H3;1-4,10H;1H,(H,6,7)(H,8,9);;;;1H,(H,2,3);/q;;;;;;;;+1;;-1. The van der Waals surface area contributed by atoms with Gasteiger partial charge < -0.3 is 82.0 Å². The van der Waals surface area contributed by atoms with E-state index in [1.54, 1.807) is 58.6 Å². The summed E-state index contributed by atoms with van der Waals surface area (Å²) in [5, 5.41) is 77.7. The molecule has 3 aromatic heterocycles. The Morgan fingerprint density at radius 2 is 0.913 bits per heavy atom. The van der Waals surface area contributed by atoms with Gasteiger partial charge in [0, 0.05) is 183 Å². The van der Waals surface area contributed by atoms with Crippen LogP contribution in [0.4, 0.5) is 31.9 Å². The number of carboxylic acid groups (broad SMARTS) is 1. The number of phenols is 4. The number of nitrogens with one attached hydrogen (secondary N) is 5. The van der Waals surface area contributed by atoms with Crippen molar-refractivity contribution >= 4 is 126 Å². The number of carbonyl (C=O) groups excluding carboxylic acids is 6. The van der Waals surface area contributed by atoms with E-state index in [1.165, 1.54) is 53.4 Å². The van der Waals surface area contributed by atoms with Crippen molar-refractivity contribution in [1.29, 1.82) is 0 Å². The molecule has 44 heteroatoms. The van der Waals surface area contributed by atoms with Gasteiger partial charge in [-0.15, -0.1) is 0 Å². The van der Waals surface area contributed by atoms with Crippen molar-refractivity contribution < 1.29 is 140 Å². The number of aldehydes is 1. The Labute approximate surface area is 722 Å². The minimum absolute atomic E-state index is 0. The van der Waals surface area contributed by atoms with Crippen LogP contribution in [0, 0.1) is 46.9 Å². The second-order valence-corrected chi connectivity index (χ2v) is 35.0. The van der Waals surface area contributed by atoms with Crippen LogP contribution < -0.4 is 45.9 Å². The van der Waals surface area contributed by atoms with Gasteiger partial charge in [0.15, 0.2) is 23.4 Å². The smallest absolute Gasteiger partial charge is 1.00 e. The van der Waals surface area contributed by atoms with E-state index in [-0.39, 0.29) is 134 Å². The Balaban J connectivity index is 0.000000482. The number of phenolic OH excluding ortho intramolecular Hbond substituents is 4. The van der Waals surface area contributed by atoms with Crippen LogP contribution in [0.3, 0.4) is 0 Å². The zero-order chi connectivity index (χ0) is 84.5. The zero-order valence-corrected chi connectivity index (χ0v) is 73.7. The molecule has 1 unspecified atom stereocenters. The first-order chi connectivity index (χ1) is 52.7. The van der Waals surface area contributed by atoms with E-state index in [0.29, 0.717) is 128 Å². The van der Waals surface area contributed by atoms with Crippen molar-refractivity contribution in [3.63, 3.8) is 0 Å². The van der Waals surface area contributed by atoms with Crippen molar-refractivity contribution in [3.05, 3.63) is 167 Å². The monoisotopic (exact) mass is 1850 g/mol. The molecule has 0 aliphatic carbocycles. The molecular formula is C71H92BBr3F4MgN14NaO19S. The molecule has 0 bridgehead atoms. The SMILES string of the molecule is CC(C)(C)OC(=O)N1CC(CN(Cc2ccc(O)cc2F)C(=O)c2cc(Br)[nH]n2)C1.CC(C)(C)OC(=O)N1CC(CN)C1.CC(C)(C)OC(=O)N1CC(CNCc2ccc(O)cc2F)C1.O=C(O)c1cc(Br)[nH]n1.O=C(c1cc(Br)[nH]n1)N(Cc1ccc(O)cc1F)CC1CNC1.O=Cc1ccc(O)cc1F.O=[S](O)(=[Mg])OO.[B].[H-].[Na+]. The number of hydrogen-bond donors (Lipinski definition) is 13. The molecule has 7 heterocycles. The van der Waals surface area contributed by atoms with E-state index in [9.17, 15) is 65.5 Å². The van der Waals surface area contributed by atoms with Gasteiger partial charge in [0.05, 0.1) is 5.56 Å². The van der Waals surface area contributed by atoms with Crippen molar-refractivity contribution in [3.8, 4) is 23.0 Å². The van der Waals surface area contributed by atoms with Crippen LogP contribution in [0.1, 0.15) is 122 Å². The second-order valence-electron chi connectivity index (χ2n) is 28.9. The number of benzene rings is 4. The normalized spacial score (nSPS) is 14.3. The molecule has 3 radical (unpaired) electrons. The Morgan fingerprint density at radius 1 is 0.583 bits per heavy atom. The van der Waals surface area contributed by atoms with Gasteiger partial charge in [-0.25, -0.2) is 36.7 Å². The Kier molecular flexibility index (Phi) is 41.7. The second kappa shape index (κ2) is 47.2. The van der Waals surface area contributed by atoms with Crippen LogP contribution in [0.2, 0.25) is 0 Å². The number of likely N-dealkylation sites (tertiary alicyclic amines) is 3. The molecule has 4 fully saturated rings. The van der Waals surface area contributed by atoms with Crippen LogP contribution in [0.15, 0.2) is 105 Å². The number of nitrogens with zero attached hydrogens (tertiary/aromatic N) is 8. The molecule has 1 atom stereocenters. The molecule has 4 aliphatic rings. The van der Waals surface area contributed by atoms with E-state index in [2.05, 4.69) is 93.3 Å². The molecule has 0 saturated carbocycles. The maximum absolute atomic E-state index is 14.2. The Hall–Kier alpha value is -7.50. The number of aromatic hydroxyl groups is 4. The molecule has 5 amide bonds. The number of H-pyrrole nitrogens is 3. The molecule has 0 spiro atoms. The van der Waals surface area contributed by atoms with Gasteiger partial charge in [-0.2, -0.15) is 15.3 Å². The number of rotatable bonds is 18. The third-order valence-electron chi connectivity index (χ3n) is 15.7. The van der Waals surface area contributed by atoms with E-state index in [0.717, 1.165) is 50.4 Å². The van der Waals surface area contributed by atoms with Gasteiger partial charge in [0.1, 0.15) is 76.9 Å². The molecule has 621 valence electrons. The summed E-state index contributed by atoms with van der Waals surface area (Å²) in [5.41, 5.74) is 5.60. The van der Waals surface area contributed by atoms with Crippen molar-refractivity contribution in [1.82, 2.24) is 65.7 Å². The summed E-state index contributed by atoms with van der Waals surface area (Å²) in [6.45, 7) is 24.6. The first-order valence-corrected chi connectivity index (χ1v) is 40.2. The average molecular weight is 1850 g/mol. The maximum Gasteiger partial charge on any atom is 1.00 e. The average Bonchev–Trinajstić information content (AvgIpc) is 1.08. The number of carboxylic acids is 1. The number of aromatic amines is 3. The number of nitrogens with two attached hydrogens (primary N) is 1. The van der Waals surface area contributed by atoms with Crippen LogP contribution >= 0.6 is 47.8 Å². The van der Waals surface area contributed by atoms with Gasteiger partial charge in [-0.05, 0) is 147 Å². The number of amides is 5. The largest absolute Gasteiger partial charge is 1.00 e. The minimum atomic E-state index is -3.33. The van der Waals surface area contributed by atoms with Crippen LogP contribution in [0.5, 0.6) is 23.0 Å². The summed E-state index contributed by atoms with van der Waals surface area (Å²) < 4.78 is 92.3. The van der Waals surface area contributed by atoms with E-state index in [1.807, 2.05) is 41.5 Å². The maximum atomic E-state index is 14.2. The fraction of sp³-hybridized carbons (Fsp3) is 0.437. The number of aromatic carboxylic acids is 1. The number of hydrogen-bond acceptors (Lipinski definition) is 23. The third-order valence-corrected chi connectivity index (χ3v) is 17.4. The van der Waals surface area contributed by atoms with Crippen LogP contribution in [-0.2, 0) is 45.5 Å². The van der Waals surface area contributed by atoms with Crippen LogP contribution in [0.25, 0.3) is 0 Å². The molecular weight excluding hydrogens is 1760 g/mol. The number of carbonyl (C=O) groups is 7. The molecule has 4 saturated heterocycles. The van der Waals surface area contributed by atoms with Gasteiger partial charge in [-0.1, -0.05) is 18.2 Å². The van der Waals surface area contributed by atoms with Crippen molar-refractivity contribution in [2.75, 3.05) is 78.5 Å². The molecule has 4 aromatic carbocycles. The number of aromatic nitrogens is 6. The summed E-state index contributed by atoms with van der Waals surface area (Å²) in [6, 6.07) is 19.8. The third kappa shape index (κ3) is 36.9. The quantitative estimate of drug-likeness (QED) is 0.0104. The van der Waals surface area contributed by atoms with Crippen LogP contribution in [-0.4, -0.2) is 261 Å². The summed E-state index contributed by atoms with van der Waals surface area (Å²) >= 11 is 10.1. The molecule has 7 aromatic rings. The van der Waals surface area contributed by atoms with E-state index in [4.69, 9.17) is 45.1 Å². The van der Waals surface area contributed by atoms with Gasteiger partial charge in [0.25, 0.3) is 11.8 Å². The predicted molar refractivity (Wildman–Crippen MR) is 421 cm³/mol. The van der Waals surface area contributed by atoms with Gasteiger partial charge in [-0.3, -0.25) is 29.7 Å².